The summed E-state index contributed by atoms with van der Waals surface area (Å²) in [6, 6.07) is 6.43. The van der Waals surface area contributed by atoms with Crippen molar-refractivity contribution in [1.29, 1.82) is 0 Å². The lowest BCUT2D eigenvalue weighted by atomic mass is 10.1. The second-order valence-electron chi connectivity index (χ2n) is 5.68. The maximum absolute atomic E-state index is 5.97. The minimum Gasteiger partial charge on any atom is -0.370 e. The Bertz CT molecular complexity index is 696. The molecule has 0 atom stereocenters. The van der Waals surface area contributed by atoms with Crippen LogP contribution in [0.4, 0.5) is 10.8 Å². The summed E-state index contributed by atoms with van der Waals surface area (Å²) >= 11 is 1.61. The minimum atomic E-state index is 0. The van der Waals surface area contributed by atoms with Gasteiger partial charge in [-0.05, 0) is 42.5 Å². The van der Waals surface area contributed by atoms with E-state index in [-0.39, 0.29) is 24.0 Å². The third kappa shape index (κ3) is 4.57. The van der Waals surface area contributed by atoms with E-state index in [1.165, 1.54) is 24.0 Å². The molecule has 0 unspecified atom stereocenters. The molecule has 2 aromatic rings. The summed E-state index contributed by atoms with van der Waals surface area (Å²) in [5.74, 6) is 0.428. The topological polar surface area (TPSA) is 66.5 Å². The van der Waals surface area contributed by atoms with Gasteiger partial charge in [-0.2, -0.15) is 0 Å². The fourth-order valence-electron chi connectivity index (χ4n) is 2.58. The molecule has 124 valence electrons. The zero-order valence-corrected chi connectivity index (χ0v) is 16.5. The van der Waals surface area contributed by atoms with Gasteiger partial charge in [0.15, 0.2) is 11.1 Å². The molecular formula is C16H22IN5S. The number of aliphatic imine (C=N–C) groups is 1. The van der Waals surface area contributed by atoms with E-state index >= 15 is 0 Å². The Hall–Kier alpha value is -1.35. The summed E-state index contributed by atoms with van der Waals surface area (Å²) in [5.41, 5.74) is 10.8. The number of anilines is 2. The number of rotatable bonds is 4. The zero-order chi connectivity index (χ0) is 15.5. The molecule has 0 radical (unpaired) electrons. The van der Waals surface area contributed by atoms with Crippen LogP contribution in [-0.4, -0.2) is 25.0 Å². The van der Waals surface area contributed by atoms with Crippen molar-refractivity contribution in [3.63, 3.8) is 0 Å². The largest absolute Gasteiger partial charge is 0.370 e. The van der Waals surface area contributed by atoms with Crippen LogP contribution in [0.5, 0.6) is 0 Å². The van der Waals surface area contributed by atoms with Gasteiger partial charge in [0.1, 0.15) is 0 Å². The average Bonchev–Trinajstić information content (AvgIpc) is 3.13. The molecule has 0 amide bonds. The van der Waals surface area contributed by atoms with Gasteiger partial charge in [-0.3, -0.25) is 0 Å². The van der Waals surface area contributed by atoms with Gasteiger partial charge in [0, 0.05) is 25.2 Å². The van der Waals surface area contributed by atoms with E-state index in [1.54, 1.807) is 11.3 Å². The maximum atomic E-state index is 5.97. The summed E-state index contributed by atoms with van der Waals surface area (Å²) in [6.07, 6.45) is 3.60. The molecule has 1 aliphatic rings. The SMILES string of the molecule is CN(C)c1nc(CN=C(N)Nc2ccc3c(c2)CCC3)cs1.I. The first kappa shape index (κ1) is 18.0. The van der Waals surface area contributed by atoms with Gasteiger partial charge < -0.3 is 16.0 Å². The fraction of sp³-hybridized carbons (Fsp3) is 0.375. The quantitative estimate of drug-likeness (QED) is 0.433. The van der Waals surface area contributed by atoms with Gasteiger partial charge in [-0.25, -0.2) is 9.98 Å². The molecule has 1 heterocycles. The molecule has 1 aromatic heterocycles. The number of hydrogen-bond acceptors (Lipinski definition) is 4. The molecule has 0 spiro atoms. The highest BCUT2D eigenvalue weighted by Crippen LogP contribution is 2.24. The Labute approximate surface area is 158 Å². The highest BCUT2D eigenvalue weighted by molar-refractivity contribution is 14.0. The molecule has 0 saturated heterocycles. The van der Waals surface area contributed by atoms with Gasteiger partial charge in [-0.1, -0.05) is 6.07 Å². The molecule has 0 aliphatic heterocycles. The van der Waals surface area contributed by atoms with Crippen LogP contribution in [0.3, 0.4) is 0 Å². The number of fused-ring (bicyclic) bond motifs is 1. The van der Waals surface area contributed by atoms with E-state index in [0.29, 0.717) is 12.5 Å². The highest BCUT2D eigenvalue weighted by atomic mass is 127. The minimum absolute atomic E-state index is 0. The molecule has 0 fully saturated rings. The molecule has 7 heteroatoms. The normalized spacial score (nSPS) is 13.4. The number of nitrogens with one attached hydrogen (secondary N) is 1. The molecule has 1 aromatic carbocycles. The Kier molecular flexibility index (Phi) is 6.23. The number of aryl methyl sites for hydroxylation is 2. The van der Waals surface area contributed by atoms with E-state index in [2.05, 4.69) is 33.5 Å². The summed E-state index contributed by atoms with van der Waals surface area (Å²) in [7, 11) is 3.96. The fourth-order valence-corrected chi connectivity index (χ4v) is 3.33. The Morgan fingerprint density at radius 3 is 2.87 bits per heavy atom. The van der Waals surface area contributed by atoms with E-state index in [9.17, 15) is 0 Å². The molecule has 3 rings (SSSR count). The number of nitrogens with zero attached hydrogens (tertiary/aromatic N) is 3. The first-order chi connectivity index (χ1) is 10.6. The van der Waals surface area contributed by atoms with Crippen LogP contribution in [0.2, 0.25) is 0 Å². The number of thiazole rings is 1. The van der Waals surface area contributed by atoms with Crippen molar-refractivity contribution in [2.24, 2.45) is 10.7 Å². The van der Waals surface area contributed by atoms with E-state index in [0.717, 1.165) is 22.9 Å². The Morgan fingerprint density at radius 2 is 2.13 bits per heavy atom. The van der Waals surface area contributed by atoms with Crippen molar-refractivity contribution in [1.82, 2.24) is 4.98 Å². The lowest BCUT2D eigenvalue weighted by Gasteiger charge is -2.08. The third-order valence-corrected chi connectivity index (χ3v) is 4.76. The Balaban J connectivity index is 0.00000192. The molecular weight excluding hydrogens is 421 g/mol. The van der Waals surface area contributed by atoms with E-state index < -0.39 is 0 Å². The molecule has 23 heavy (non-hydrogen) atoms. The van der Waals surface area contributed by atoms with Gasteiger partial charge in [0.25, 0.3) is 0 Å². The van der Waals surface area contributed by atoms with Crippen LogP contribution in [0.25, 0.3) is 0 Å². The summed E-state index contributed by atoms with van der Waals surface area (Å²) in [6.45, 7) is 0.494. The number of aromatic nitrogens is 1. The van der Waals surface area contributed by atoms with Gasteiger partial charge in [0.05, 0.1) is 12.2 Å². The van der Waals surface area contributed by atoms with Gasteiger partial charge in [-0.15, -0.1) is 35.3 Å². The van der Waals surface area contributed by atoms with Crippen LogP contribution in [-0.2, 0) is 19.4 Å². The average molecular weight is 443 g/mol. The van der Waals surface area contributed by atoms with E-state index in [1.807, 2.05) is 24.4 Å². The van der Waals surface area contributed by atoms with Crippen LogP contribution in [0.15, 0.2) is 28.6 Å². The molecule has 0 bridgehead atoms. The van der Waals surface area contributed by atoms with E-state index in [4.69, 9.17) is 5.73 Å². The molecule has 1 aliphatic carbocycles. The molecule has 5 nitrogen and oxygen atoms in total. The number of hydrogen-bond donors (Lipinski definition) is 2. The van der Waals surface area contributed by atoms with Crippen LogP contribution in [0.1, 0.15) is 23.2 Å². The predicted molar refractivity (Wildman–Crippen MR) is 109 cm³/mol. The van der Waals surface area contributed by atoms with Crippen molar-refractivity contribution in [3.8, 4) is 0 Å². The zero-order valence-electron chi connectivity index (χ0n) is 13.4. The van der Waals surface area contributed by atoms with Crippen molar-refractivity contribution < 1.29 is 0 Å². The first-order valence-electron chi connectivity index (χ1n) is 7.42. The molecule has 3 N–H and O–H groups in total. The second kappa shape index (κ2) is 7.96. The number of nitrogens with two attached hydrogens (primary N) is 1. The van der Waals surface area contributed by atoms with Crippen molar-refractivity contribution in [2.45, 2.75) is 25.8 Å². The number of halogens is 1. The van der Waals surface area contributed by atoms with Gasteiger partial charge >= 0.3 is 0 Å². The standard InChI is InChI=1S/C16H21N5S.HI/c1-21(2)16-20-14(10-22-16)9-18-15(17)19-13-7-6-11-4-3-5-12(11)8-13;/h6-8,10H,3-5,9H2,1-2H3,(H3,17,18,19);1H. The lowest BCUT2D eigenvalue weighted by molar-refractivity contribution is 0.912. The first-order valence-corrected chi connectivity index (χ1v) is 8.30. The monoisotopic (exact) mass is 443 g/mol. The number of guanidine groups is 1. The summed E-state index contributed by atoms with van der Waals surface area (Å²) < 4.78 is 0. The maximum Gasteiger partial charge on any atom is 0.193 e. The van der Waals surface area contributed by atoms with Crippen molar-refractivity contribution in [2.75, 3.05) is 24.3 Å². The van der Waals surface area contributed by atoms with Crippen LogP contribution in [0, 0.1) is 0 Å². The van der Waals surface area contributed by atoms with Gasteiger partial charge in [0.2, 0.25) is 0 Å². The third-order valence-electron chi connectivity index (χ3n) is 3.70. The van der Waals surface area contributed by atoms with Crippen molar-refractivity contribution >= 4 is 52.1 Å². The lowest BCUT2D eigenvalue weighted by Crippen LogP contribution is -2.22. The second-order valence-corrected chi connectivity index (χ2v) is 6.52. The summed E-state index contributed by atoms with van der Waals surface area (Å²) in [5, 5.41) is 6.16. The highest BCUT2D eigenvalue weighted by Gasteiger charge is 2.11. The van der Waals surface area contributed by atoms with Crippen LogP contribution >= 0.6 is 35.3 Å². The van der Waals surface area contributed by atoms with Crippen LogP contribution < -0.4 is 16.0 Å². The predicted octanol–water partition coefficient (Wildman–Crippen LogP) is 3.24. The summed E-state index contributed by atoms with van der Waals surface area (Å²) in [4.78, 5) is 10.8. The smallest absolute Gasteiger partial charge is 0.193 e. The molecule has 0 saturated carbocycles. The van der Waals surface area contributed by atoms with Crippen molar-refractivity contribution in [3.05, 3.63) is 40.4 Å². The number of benzene rings is 1. The Morgan fingerprint density at radius 1 is 1.35 bits per heavy atom.